The lowest BCUT2D eigenvalue weighted by atomic mass is 9.88. The van der Waals surface area contributed by atoms with Gasteiger partial charge in [0.05, 0.1) is 6.20 Å². The molecule has 7 nitrogen and oxygen atoms in total. The van der Waals surface area contributed by atoms with Crippen LogP contribution in [0.1, 0.15) is 101 Å². The molecule has 2 heterocycles. The van der Waals surface area contributed by atoms with Crippen LogP contribution in [0.4, 0.5) is 5.69 Å². The molecule has 1 aromatic carbocycles. The maximum absolute atomic E-state index is 13.7. The van der Waals surface area contributed by atoms with E-state index >= 15 is 0 Å². The van der Waals surface area contributed by atoms with Gasteiger partial charge in [-0.25, -0.2) is 4.98 Å². The van der Waals surface area contributed by atoms with E-state index in [0.717, 1.165) is 98.8 Å². The topological polar surface area (TPSA) is 85.3 Å². The second-order valence-corrected chi connectivity index (χ2v) is 10.4. The number of oxazole rings is 1. The Hall–Kier alpha value is -2.96. The summed E-state index contributed by atoms with van der Waals surface area (Å²) in [6, 6.07) is 8.17. The van der Waals surface area contributed by atoms with Crippen LogP contribution in [0.2, 0.25) is 0 Å². The number of carbonyl (C=O) groups is 1. The van der Waals surface area contributed by atoms with E-state index in [4.69, 9.17) is 8.94 Å². The molecule has 1 amide bonds. The molecule has 5 rings (SSSR count). The number of hydrogen-bond acceptors (Lipinski definition) is 6. The molecule has 192 valence electrons. The maximum Gasteiger partial charge on any atom is 0.230 e. The third-order valence-electron chi connectivity index (χ3n) is 7.38. The average Bonchev–Trinajstić information content (AvgIpc) is 3.47. The number of carbonyl (C=O) groups excluding carboxylic acids is 1. The van der Waals surface area contributed by atoms with Gasteiger partial charge in [-0.15, -0.1) is 0 Å². The van der Waals surface area contributed by atoms with Crippen LogP contribution in [0.5, 0.6) is 0 Å². The number of unbranched alkanes of at least 4 members (excludes halogenated alkanes) is 2. The minimum atomic E-state index is 0.128. The smallest absolute Gasteiger partial charge is 0.230 e. The van der Waals surface area contributed by atoms with E-state index in [-0.39, 0.29) is 11.8 Å². The van der Waals surface area contributed by atoms with Crippen molar-refractivity contribution in [1.82, 2.24) is 15.1 Å². The summed E-state index contributed by atoms with van der Waals surface area (Å²) < 4.78 is 11.4. The lowest BCUT2D eigenvalue weighted by Gasteiger charge is -2.30. The molecule has 0 atom stereocenters. The van der Waals surface area contributed by atoms with Crippen molar-refractivity contribution in [2.24, 2.45) is 5.92 Å². The van der Waals surface area contributed by atoms with Crippen LogP contribution in [0.25, 0.3) is 11.3 Å². The van der Waals surface area contributed by atoms with Gasteiger partial charge in [0.15, 0.2) is 17.5 Å². The second-order valence-electron chi connectivity index (χ2n) is 10.4. The molecule has 2 aliphatic rings. The Morgan fingerprint density at radius 1 is 1.03 bits per heavy atom. The molecular formula is C29H38N4O3. The normalized spacial score (nSPS) is 16.4. The quantitative estimate of drug-likeness (QED) is 0.257. The average molecular weight is 491 g/mol. The van der Waals surface area contributed by atoms with E-state index in [1.807, 2.05) is 23.1 Å². The Bertz CT molecular complexity index is 1130. The summed E-state index contributed by atoms with van der Waals surface area (Å²) in [5.74, 6) is 4.06. The number of hydrogen-bond donors (Lipinski definition) is 0. The highest BCUT2D eigenvalue weighted by atomic mass is 16.5. The zero-order valence-electron chi connectivity index (χ0n) is 21.5. The standard InChI is InChI=1S/C29H38N4O3/c1-2-10-26-30-20-25(35-26)23-13-9-14-24(19-23)33(29(34)22-11-5-3-6-12-22)18-8-4-7-15-27-31-28(32-36-27)21-16-17-21/h9,13-14,19-22H,2-8,10-12,15-18H2,1H3. The Balaban J connectivity index is 1.23. The zero-order chi connectivity index (χ0) is 24.7. The molecule has 0 spiro atoms. The van der Waals surface area contributed by atoms with Crippen LogP contribution in [0, 0.1) is 5.92 Å². The molecule has 0 unspecified atom stereocenters. The van der Waals surface area contributed by atoms with Gasteiger partial charge < -0.3 is 13.8 Å². The summed E-state index contributed by atoms with van der Waals surface area (Å²) in [5.41, 5.74) is 1.91. The van der Waals surface area contributed by atoms with Crippen LogP contribution in [-0.2, 0) is 17.6 Å². The van der Waals surface area contributed by atoms with Gasteiger partial charge in [0.1, 0.15) is 0 Å². The number of aryl methyl sites for hydroxylation is 2. The summed E-state index contributed by atoms with van der Waals surface area (Å²) >= 11 is 0. The molecule has 2 aromatic heterocycles. The van der Waals surface area contributed by atoms with E-state index in [9.17, 15) is 4.79 Å². The van der Waals surface area contributed by atoms with Crippen LogP contribution >= 0.6 is 0 Å². The molecule has 2 saturated carbocycles. The summed E-state index contributed by atoms with van der Waals surface area (Å²) in [6.45, 7) is 2.83. The number of anilines is 1. The van der Waals surface area contributed by atoms with E-state index in [1.54, 1.807) is 6.20 Å². The third-order valence-corrected chi connectivity index (χ3v) is 7.38. The van der Waals surface area contributed by atoms with Crippen LogP contribution < -0.4 is 4.90 Å². The van der Waals surface area contributed by atoms with Gasteiger partial charge in [-0.05, 0) is 57.1 Å². The van der Waals surface area contributed by atoms with Gasteiger partial charge in [-0.1, -0.05) is 49.9 Å². The first kappa shape index (κ1) is 24.7. The molecule has 0 N–H and O–H groups in total. The first-order valence-corrected chi connectivity index (χ1v) is 13.9. The minimum Gasteiger partial charge on any atom is -0.441 e. The molecule has 0 aliphatic heterocycles. The largest absolute Gasteiger partial charge is 0.441 e. The Morgan fingerprint density at radius 3 is 2.69 bits per heavy atom. The molecule has 0 saturated heterocycles. The van der Waals surface area contributed by atoms with Gasteiger partial charge in [-0.3, -0.25) is 4.79 Å². The Morgan fingerprint density at radius 2 is 1.89 bits per heavy atom. The minimum absolute atomic E-state index is 0.128. The van der Waals surface area contributed by atoms with Crippen molar-refractivity contribution in [3.05, 3.63) is 48.1 Å². The highest BCUT2D eigenvalue weighted by Crippen LogP contribution is 2.38. The van der Waals surface area contributed by atoms with Crippen molar-refractivity contribution in [3.63, 3.8) is 0 Å². The van der Waals surface area contributed by atoms with Gasteiger partial charge >= 0.3 is 0 Å². The lowest BCUT2D eigenvalue weighted by molar-refractivity contribution is -0.123. The predicted octanol–water partition coefficient (Wildman–Crippen LogP) is 6.88. The molecule has 2 aliphatic carbocycles. The van der Waals surface area contributed by atoms with Crippen LogP contribution in [-0.4, -0.2) is 27.6 Å². The fourth-order valence-electron chi connectivity index (χ4n) is 5.14. The number of amides is 1. The number of nitrogens with zero attached hydrogens (tertiary/aromatic N) is 4. The van der Waals surface area contributed by atoms with E-state index in [0.29, 0.717) is 12.5 Å². The van der Waals surface area contributed by atoms with Crippen LogP contribution in [0.15, 0.2) is 39.4 Å². The predicted molar refractivity (Wildman–Crippen MR) is 139 cm³/mol. The summed E-state index contributed by atoms with van der Waals surface area (Å²) in [6.07, 6.45) is 15.3. The van der Waals surface area contributed by atoms with Crippen molar-refractivity contribution in [2.45, 2.75) is 96.3 Å². The number of aromatic nitrogens is 3. The summed E-state index contributed by atoms with van der Waals surface area (Å²) in [7, 11) is 0. The zero-order valence-corrected chi connectivity index (χ0v) is 21.5. The molecule has 36 heavy (non-hydrogen) atoms. The first-order chi connectivity index (χ1) is 17.7. The first-order valence-electron chi connectivity index (χ1n) is 13.9. The van der Waals surface area contributed by atoms with E-state index in [2.05, 4.69) is 28.1 Å². The van der Waals surface area contributed by atoms with E-state index in [1.165, 1.54) is 19.3 Å². The van der Waals surface area contributed by atoms with Gasteiger partial charge in [-0.2, -0.15) is 4.98 Å². The van der Waals surface area contributed by atoms with Crippen molar-refractivity contribution in [1.29, 1.82) is 0 Å². The molecular weight excluding hydrogens is 452 g/mol. The maximum atomic E-state index is 13.7. The lowest BCUT2D eigenvalue weighted by Crippen LogP contribution is -2.38. The van der Waals surface area contributed by atoms with Gasteiger partial charge in [0, 0.05) is 42.5 Å². The van der Waals surface area contributed by atoms with Crippen molar-refractivity contribution in [3.8, 4) is 11.3 Å². The highest BCUT2D eigenvalue weighted by molar-refractivity contribution is 5.95. The molecule has 0 radical (unpaired) electrons. The summed E-state index contributed by atoms with van der Waals surface area (Å²) in [5, 5.41) is 4.11. The highest BCUT2D eigenvalue weighted by Gasteiger charge is 2.29. The third kappa shape index (κ3) is 6.23. The monoisotopic (exact) mass is 490 g/mol. The van der Waals surface area contributed by atoms with Crippen molar-refractivity contribution < 1.29 is 13.7 Å². The van der Waals surface area contributed by atoms with Gasteiger partial charge in [0.25, 0.3) is 0 Å². The second kappa shape index (κ2) is 11.8. The molecule has 3 aromatic rings. The number of benzene rings is 1. The fourth-order valence-corrected chi connectivity index (χ4v) is 5.14. The molecule has 0 bridgehead atoms. The molecule has 2 fully saturated rings. The van der Waals surface area contributed by atoms with Crippen molar-refractivity contribution >= 4 is 11.6 Å². The Labute approximate surface area is 213 Å². The summed E-state index contributed by atoms with van der Waals surface area (Å²) in [4.78, 5) is 24.6. The fraction of sp³-hybridized carbons (Fsp3) is 0.586. The van der Waals surface area contributed by atoms with Gasteiger partial charge in [0.2, 0.25) is 11.8 Å². The molecule has 7 heteroatoms. The van der Waals surface area contributed by atoms with Crippen LogP contribution in [0.3, 0.4) is 0 Å². The number of rotatable bonds is 12. The van der Waals surface area contributed by atoms with E-state index < -0.39 is 0 Å². The SMILES string of the molecule is CCCc1ncc(-c2cccc(N(CCCCCc3nc(C4CC4)no3)C(=O)C3CCCCC3)c2)o1. The van der Waals surface area contributed by atoms with Crippen molar-refractivity contribution in [2.75, 3.05) is 11.4 Å². The Kier molecular flexibility index (Phi) is 8.14.